The molecule has 10 heteroatoms. The number of nitrogens with zero attached hydrogens (tertiary/aromatic N) is 3. The second-order valence-electron chi connectivity index (χ2n) is 4.96. The van der Waals surface area contributed by atoms with Gasteiger partial charge in [0.05, 0.1) is 6.61 Å². The predicted octanol–water partition coefficient (Wildman–Crippen LogP) is 2.52. The van der Waals surface area contributed by atoms with Gasteiger partial charge < -0.3 is 25.8 Å². The van der Waals surface area contributed by atoms with Gasteiger partial charge in [-0.15, -0.1) is 13.2 Å². The predicted molar refractivity (Wildman–Crippen MR) is 87.8 cm³/mol. The van der Waals surface area contributed by atoms with Gasteiger partial charge in [-0.25, -0.2) is 9.97 Å². The molecule has 0 atom stereocenters. The SMILES string of the molecule is CCN(CCO)c1ncnc(Nc2ccc(OC(F)(F)F)cc2)c1N. The van der Waals surface area contributed by atoms with Crippen LogP contribution < -0.4 is 20.7 Å². The first-order valence-corrected chi connectivity index (χ1v) is 7.43. The molecule has 136 valence electrons. The molecule has 0 aliphatic carbocycles. The molecule has 0 unspecified atom stereocenters. The number of aliphatic hydroxyl groups is 1. The van der Waals surface area contributed by atoms with Crippen LogP contribution in [0.2, 0.25) is 0 Å². The zero-order valence-corrected chi connectivity index (χ0v) is 13.4. The highest BCUT2D eigenvalue weighted by molar-refractivity contribution is 5.78. The number of nitrogen functional groups attached to an aromatic ring is 1. The van der Waals surface area contributed by atoms with E-state index in [9.17, 15) is 13.2 Å². The number of likely N-dealkylation sites (N-methyl/N-ethyl adjacent to an activating group) is 1. The third-order valence-corrected chi connectivity index (χ3v) is 3.26. The van der Waals surface area contributed by atoms with Crippen molar-refractivity contribution in [3.63, 3.8) is 0 Å². The molecule has 1 aromatic heterocycles. The first kappa shape index (κ1) is 18.6. The average molecular weight is 357 g/mol. The van der Waals surface area contributed by atoms with Crippen molar-refractivity contribution in [3.05, 3.63) is 30.6 Å². The minimum Gasteiger partial charge on any atom is -0.406 e. The summed E-state index contributed by atoms with van der Waals surface area (Å²) in [6.45, 7) is 2.79. The fourth-order valence-corrected chi connectivity index (χ4v) is 2.15. The number of halogens is 3. The van der Waals surface area contributed by atoms with Crippen molar-refractivity contribution in [2.45, 2.75) is 13.3 Å². The topological polar surface area (TPSA) is 96.5 Å². The van der Waals surface area contributed by atoms with E-state index in [1.165, 1.54) is 30.6 Å². The number of alkyl halides is 3. The Hall–Kier alpha value is -2.75. The van der Waals surface area contributed by atoms with Gasteiger partial charge in [-0.05, 0) is 31.2 Å². The van der Waals surface area contributed by atoms with Crippen LogP contribution in [0.1, 0.15) is 6.92 Å². The molecule has 0 fully saturated rings. The largest absolute Gasteiger partial charge is 0.573 e. The Morgan fingerprint density at radius 3 is 2.48 bits per heavy atom. The third kappa shape index (κ3) is 5.11. The number of anilines is 4. The molecule has 0 aliphatic rings. The summed E-state index contributed by atoms with van der Waals surface area (Å²) < 4.78 is 40.3. The molecule has 2 rings (SSSR count). The molecule has 0 aliphatic heterocycles. The summed E-state index contributed by atoms with van der Waals surface area (Å²) in [6, 6.07) is 5.18. The van der Waals surface area contributed by atoms with Gasteiger partial charge in [-0.1, -0.05) is 0 Å². The number of benzene rings is 1. The minimum atomic E-state index is -4.74. The maximum atomic E-state index is 12.2. The first-order chi connectivity index (χ1) is 11.8. The van der Waals surface area contributed by atoms with Crippen LogP contribution in [0.5, 0.6) is 5.75 Å². The highest BCUT2D eigenvalue weighted by Gasteiger charge is 2.30. The number of ether oxygens (including phenoxy) is 1. The molecule has 7 nitrogen and oxygen atoms in total. The van der Waals surface area contributed by atoms with E-state index in [1.807, 2.05) is 6.92 Å². The molecule has 4 N–H and O–H groups in total. The maximum Gasteiger partial charge on any atom is 0.573 e. The van der Waals surface area contributed by atoms with Crippen LogP contribution in [-0.4, -0.2) is 41.1 Å². The fourth-order valence-electron chi connectivity index (χ4n) is 2.15. The molecule has 0 amide bonds. The molecule has 0 bridgehead atoms. The molecule has 1 aromatic carbocycles. The molecule has 1 heterocycles. The monoisotopic (exact) mass is 357 g/mol. The summed E-state index contributed by atoms with van der Waals surface area (Å²) >= 11 is 0. The van der Waals surface area contributed by atoms with Gasteiger partial charge in [0.2, 0.25) is 0 Å². The van der Waals surface area contributed by atoms with E-state index in [0.717, 1.165) is 0 Å². The average Bonchev–Trinajstić information content (AvgIpc) is 2.55. The maximum absolute atomic E-state index is 12.2. The lowest BCUT2D eigenvalue weighted by molar-refractivity contribution is -0.274. The number of hydrogen-bond acceptors (Lipinski definition) is 7. The van der Waals surface area contributed by atoms with Gasteiger partial charge in [0.25, 0.3) is 0 Å². The summed E-state index contributed by atoms with van der Waals surface area (Å²) in [7, 11) is 0. The van der Waals surface area contributed by atoms with E-state index in [-0.39, 0.29) is 18.0 Å². The molecule has 0 spiro atoms. The Labute approximate surface area is 142 Å². The molecule has 25 heavy (non-hydrogen) atoms. The van der Waals surface area contributed by atoms with Crippen LogP contribution in [0.15, 0.2) is 30.6 Å². The minimum absolute atomic E-state index is 0.0548. The quantitative estimate of drug-likeness (QED) is 0.701. The Morgan fingerprint density at radius 1 is 1.24 bits per heavy atom. The number of aromatic nitrogens is 2. The summed E-state index contributed by atoms with van der Waals surface area (Å²) in [5.41, 5.74) is 6.82. The van der Waals surface area contributed by atoms with Gasteiger partial charge in [0.1, 0.15) is 17.8 Å². The normalized spacial score (nSPS) is 11.2. The number of hydrogen-bond donors (Lipinski definition) is 3. The Kier molecular flexibility index (Phi) is 5.86. The van der Waals surface area contributed by atoms with Gasteiger partial charge in [0, 0.05) is 18.8 Å². The van der Waals surface area contributed by atoms with E-state index < -0.39 is 6.36 Å². The lowest BCUT2D eigenvalue weighted by Gasteiger charge is -2.23. The van der Waals surface area contributed by atoms with Crippen LogP contribution in [0.3, 0.4) is 0 Å². The van der Waals surface area contributed by atoms with Gasteiger partial charge >= 0.3 is 6.36 Å². The standard InChI is InChI=1S/C15H18F3N5O2/c1-2-23(7-8-24)14-12(19)13(20-9-21-14)22-10-3-5-11(6-4-10)25-15(16,17)18/h3-6,9,24H,2,7-8,19H2,1H3,(H,20,21,22). The van der Waals surface area contributed by atoms with Crippen molar-refractivity contribution >= 4 is 23.0 Å². The van der Waals surface area contributed by atoms with Crippen LogP contribution >= 0.6 is 0 Å². The van der Waals surface area contributed by atoms with Crippen LogP contribution in [0.4, 0.5) is 36.2 Å². The van der Waals surface area contributed by atoms with Gasteiger partial charge in [0.15, 0.2) is 11.6 Å². The summed E-state index contributed by atoms with van der Waals surface area (Å²) in [5.74, 6) is 0.450. The smallest absolute Gasteiger partial charge is 0.406 e. The first-order valence-electron chi connectivity index (χ1n) is 7.43. The fraction of sp³-hybridized carbons (Fsp3) is 0.333. The van der Waals surface area contributed by atoms with Crippen molar-refractivity contribution < 1.29 is 23.0 Å². The molecule has 0 saturated heterocycles. The van der Waals surface area contributed by atoms with Crippen molar-refractivity contribution in [2.24, 2.45) is 0 Å². The number of nitrogens with two attached hydrogens (primary N) is 1. The van der Waals surface area contributed by atoms with E-state index in [4.69, 9.17) is 10.8 Å². The summed E-state index contributed by atoms with van der Waals surface area (Å²) in [4.78, 5) is 9.94. The highest BCUT2D eigenvalue weighted by atomic mass is 19.4. The van der Waals surface area contributed by atoms with Gasteiger partial charge in [-0.2, -0.15) is 0 Å². The van der Waals surface area contributed by atoms with Crippen LogP contribution in [-0.2, 0) is 0 Å². The van der Waals surface area contributed by atoms with E-state index >= 15 is 0 Å². The lowest BCUT2D eigenvalue weighted by Crippen LogP contribution is -2.28. The summed E-state index contributed by atoms with van der Waals surface area (Å²) in [6.07, 6.45) is -3.42. The third-order valence-electron chi connectivity index (χ3n) is 3.26. The molecular weight excluding hydrogens is 339 g/mol. The van der Waals surface area contributed by atoms with Crippen molar-refractivity contribution in [1.82, 2.24) is 9.97 Å². The van der Waals surface area contributed by atoms with Crippen LogP contribution in [0.25, 0.3) is 0 Å². The van der Waals surface area contributed by atoms with Crippen molar-refractivity contribution in [1.29, 1.82) is 0 Å². The molecule has 0 saturated carbocycles. The zero-order chi connectivity index (χ0) is 18.4. The Balaban J connectivity index is 2.17. The lowest BCUT2D eigenvalue weighted by atomic mass is 10.3. The van der Waals surface area contributed by atoms with Gasteiger partial charge in [-0.3, -0.25) is 0 Å². The van der Waals surface area contributed by atoms with Crippen molar-refractivity contribution in [3.8, 4) is 5.75 Å². The second kappa shape index (κ2) is 7.88. The number of aliphatic hydroxyl groups excluding tert-OH is 1. The van der Waals surface area contributed by atoms with Crippen molar-refractivity contribution in [2.75, 3.05) is 35.6 Å². The highest BCUT2D eigenvalue weighted by Crippen LogP contribution is 2.29. The number of nitrogens with one attached hydrogen (secondary N) is 1. The second-order valence-corrected chi connectivity index (χ2v) is 4.96. The van der Waals surface area contributed by atoms with E-state index in [2.05, 4.69) is 20.0 Å². The molecule has 0 radical (unpaired) electrons. The Bertz CT molecular complexity index is 695. The summed E-state index contributed by atoms with van der Waals surface area (Å²) in [5, 5.41) is 12.0. The molecule has 2 aromatic rings. The Morgan fingerprint density at radius 2 is 1.92 bits per heavy atom. The van der Waals surface area contributed by atoms with E-state index in [1.54, 1.807) is 4.90 Å². The zero-order valence-electron chi connectivity index (χ0n) is 13.4. The number of rotatable bonds is 7. The molecular formula is C15H18F3N5O2. The van der Waals surface area contributed by atoms with E-state index in [0.29, 0.717) is 30.4 Å². The van der Waals surface area contributed by atoms with Crippen LogP contribution in [0, 0.1) is 0 Å².